The van der Waals surface area contributed by atoms with Crippen molar-refractivity contribution in [3.63, 3.8) is 0 Å². The Morgan fingerprint density at radius 1 is 1.18 bits per heavy atom. The first-order chi connectivity index (χ1) is 10.5. The number of rotatable bonds is 5. The van der Waals surface area contributed by atoms with Crippen molar-refractivity contribution in [1.82, 2.24) is 0 Å². The van der Waals surface area contributed by atoms with Gasteiger partial charge in [0.25, 0.3) is 5.91 Å². The third-order valence-electron chi connectivity index (χ3n) is 3.16. The fourth-order valence-corrected chi connectivity index (χ4v) is 2.52. The quantitative estimate of drug-likeness (QED) is 0.855. The lowest BCUT2D eigenvalue weighted by Crippen LogP contribution is -2.13. The van der Waals surface area contributed by atoms with Crippen molar-refractivity contribution in [2.45, 2.75) is 13.8 Å². The highest BCUT2D eigenvalue weighted by Gasteiger charge is 2.12. The topological polar surface area (TPSA) is 47.6 Å². The Morgan fingerprint density at radius 3 is 2.59 bits per heavy atom. The molecule has 0 spiro atoms. The van der Waals surface area contributed by atoms with E-state index in [1.54, 1.807) is 25.3 Å². The van der Waals surface area contributed by atoms with Gasteiger partial charge in [0.1, 0.15) is 0 Å². The van der Waals surface area contributed by atoms with Crippen molar-refractivity contribution in [2.75, 3.05) is 19.0 Å². The molecule has 0 heterocycles. The van der Waals surface area contributed by atoms with E-state index in [0.717, 1.165) is 15.7 Å². The van der Waals surface area contributed by atoms with Crippen LogP contribution in [0.5, 0.6) is 11.5 Å². The van der Waals surface area contributed by atoms with Gasteiger partial charge in [0.15, 0.2) is 11.5 Å². The Balaban J connectivity index is 2.22. The zero-order chi connectivity index (χ0) is 16.1. The van der Waals surface area contributed by atoms with Gasteiger partial charge in [-0.2, -0.15) is 0 Å². The first-order valence-corrected chi connectivity index (χ1v) is 7.72. The molecule has 0 aliphatic carbocycles. The van der Waals surface area contributed by atoms with Gasteiger partial charge >= 0.3 is 0 Å². The largest absolute Gasteiger partial charge is 0.493 e. The van der Waals surface area contributed by atoms with Crippen LogP contribution in [-0.2, 0) is 0 Å². The highest BCUT2D eigenvalue weighted by Crippen LogP contribution is 2.28. The van der Waals surface area contributed by atoms with Gasteiger partial charge in [-0.3, -0.25) is 4.79 Å². The van der Waals surface area contributed by atoms with Crippen LogP contribution in [0.15, 0.2) is 40.9 Å². The van der Waals surface area contributed by atoms with Gasteiger partial charge < -0.3 is 14.8 Å². The molecule has 0 aliphatic rings. The molecular formula is C17H18BrNO3. The number of anilines is 1. The van der Waals surface area contributed by atoms with Crippen LogP contribution in [0.25, 0.3) is 0 Å². The molecule has 0 saturated carbocycles. The van der Waals surface area contributed by atoms with E-state index in [4.69, 9.17) is 9.47 Å². The standard InChI is InChI=1S/C17H18BrNO3/c1-4-22-15-8-5-12(10-16(15)21-3)17(20)19-14-7-6-13(18)9-11(14)2/h5-10H,4H2,1-3H3,(H,19,20). The van der Waals surface area contributed by atoms with Crippen LogP contribution in [-0.4, -0.2) is 19.6 Å². The summed E-state index contributed by atoms with van der Waals surface area (Å²) < 4.78 is 11.7. The molecule has 4 nitrogen and oxygen atoms in total. The van der Waals surface area contributed by atoms with Crippen LogP contribution >= 0.6 is 15.9 Å². The fourth-order valence-electron chi connectivity index (χ4n) is 2.05. The van der Waals surface area contributed by atoms with Gasteiger partial charge in [-0.25, -0.2) is 0 Å². The van der Waals surface area contributed by atoms with Crippen molar-refractivity contribution in [1.29, 1.82) is 0 Å². The maximum absolute atomic E-state index is 12.4. The predicted octanol–water partition coefficient (Wildman–Crippen LogP) is 4.42. The summed E-state index contributed by atoms with van der Waals surface area (Å²) in [5, 5.41) is 2.90. The van der Waals surface area contributed by atoms with E-state index in [2.05, 4.69) is 21.2 Å². The number of carbonyl (C=O) groups excluding carboxylic acids is 1. The minimum atomic E-state index is -0.188. The summed E-state index contributed by atoms with van der Waals surface area (Å²) in [5.41, 5.74) is 2.28. The van der Waals surface area contributed by atoms with E-state index < -0.39 is 0 Å². The second-order valence-corrected chi connectivity index (χ2v) is 5.63. The Labute approximate surface area is 138 Å². The molecule has 2 aromatic carbocycles. The molecule has 0 saturated heterocycles. The Kier molecular flexibility index (Phi) is 5.44. The van der Waals surface area contributed by atoms with Crippen LogP contribution in [0.4, 0.5) is 5.69 Å². The number of aryl methyl sites for hydroxylation is 1. The smallest absolute Gasteiger partial charge is 0.255 e. The summed E-state index contributed by atoms with van der Waals surface area (Å²) in [6, 6.07) is 10.8. The second-order valence-electron chi connectivity index (χ2n) is 4.71. The zero-order valence-corrected chi connectivity index (χ0v) is 14.4. The first kappa shape index (κ1) is 16.4. The molecule has 2 rings (SSSR count). The van der Waals surface area contributed by atoms with Crippen LogP contribution in [0, 0.1) is 6.92 Å². The molecule has 116 valence electrons. The minimum absolute atomic E-state index is 0.188. The highest BCUT2D eigenvalue weighted by molar-refractivity contribution is 9.10. The van der Waals surface area contributed by atoms with Crippen molar-refractivity contribution >= 4 is 27.5 Å². The molecule has 1 amide bonds. The molecule has 0 bridgehead atoms. The number of hydrogen-bond donors (Lipinski definition) is 1. The molecule has 0 fully saturated rings. The summed E-state index contributed by atoms with van der Waals surface area (Å²) in [7, 11) is 1.55. The van der Waals surface area contributed by atoms with Gasteiger partial charge in [-0.15, -0.1) is 0 Å². The highest BCUT2D eigenvalue weighted by atomic mass is 79.9. The minimum Gasteiger partial charge on any atom is -0.493 e. The molecule has 22 heavy (non-hydrogen) atoms. The summed E-state index contributed by atoms with van der Waals surface area (Å²) in [6.07, 6.45) is 0. The molecule has 0 aliphatic heterocycles. The number of methoxy groups -OCH3 is 1. The van der Waals surface area contributed by atoms with Gasteiger partial charge in [0, 0.05) is 15.7 Å². The van der Waals surface area contributed by atoms with Gasteiger partial charge in [0.05, 0.1) is 13.7 Å². The molecule has 0 aromatic heterocycles. The molecule has 0 atom stereocenters. The molecule has 1 N–H and O–H groups in total. The van der Waals surface area contributed by atoms with Crippen molar-refractivity contribution in [3.8, 4) is 11.5 Å². The van der Waals surface area contributed by atoms with E-state index in [0.29, 0.717) is 23.7 Å². The summed E-state index contributed by atoms with van der Waals surface area (Å²) in [4.78, 5) is 12.4. The number of halogens is 1. The lowest BCUT2D eigenvalue weighted by molar-refractivity contribution is 0.102. The average molecular weight is 364 g/mol. The van der Waals surface area contributed by atoms with Gasteiger partial charge in [-0.1, -0.05) is 15.9 Å². The normalized spacial score (nSPS) is 10.2. The van der Waals surface area contributed by atoms with Crippen LogP contribution in [0.1, 0.15) is 22.8 Å². The number of nitrogens with one attached hydrogen (secondary N) is 1. The monoisotopic (exact) mass is 363 g/mol. The maximum atomic E-state index is 12.4. The van der Waals surface area contributed by atoms with Crippen LogP contribution in [0.3, 0.4) is 0 Å². The average Bonchev–Trinajstić information content (AvgIpc) is 2.50. The third-order valence-corrected chi connectivity index (χ3v) is 3.66. The molecule has 5 heteroatoms. The summed E-state index contributed by atoms with van der Waals surface area (Å²) in [6.45, 7) is 4.38. The second kappa shape index (κ2) is 7.31. The summed E-state index contributed by atoms with van der Waals surface area (Å²) in [5.74, 6) is 0.982. The predicted molar refractivity (Wildman–Crippen MR) is 91.0 cm³/mol. The third kappa shape index (κ3) is 3.80. The number of hydrogen-bond acceptors (Lipinski definition) is 3. The molecular weight excluding hydrogens is 346 g/mol. The van der Waals surface area contributed by atoms with Gasteiger partial charge in [-0.05, 0) is 55.8 Å². The fraction of sp³-hybridized carbons (Fsp3) is 0.235. The molecule has 0 radical (unpaired) electrons. The van der Waals surface area contributed by atoms with Crippen molar-refractivity contribution in [3.05, 3.63) is 52.0 Å². The molecule has 2 aromatic rings. The van der Waals surface area contributed by atoms with E-state index in [9.17, 15) is 4.79 Å². The number of carbonyl (C=O) groups is 1. The van der Waals surface area contributed by atoms with E-state index in [-0.39, 0.29) is 5.91 Å². The lowest BCUT2D eigenvalue weighted by atomic mass is 10.1. The number of benzene rings is 2. The van der Waals surface area contributed by atoms with Crippen molar-refractivity contribution < 1.29 is 14.3 Å². The Bertz CT molecular complexity index is 686. The zero-order valence-electron chi connectivity index (χ0n) is 12.8. The number of ether oxygens (including phenoxy) is 2. The Hall–Kier alpha value is -2.01. The van der Waals surface area contributed by atoms with E-state index >= 15 is 0 Å². The van der Waals surface area contributed by atoms with Crippen LogP contribution < -0.4 is 14.8 Å². The van der Waals surface area contributed by atoms with Gasteiger partial charge in [0.2, 0.25) is 0 Å². The maximum Gasteiger partial charge on any atom is 0.255 e. The summed E-state index contributed by atoms with van der Waals surface area (Å²) >= 11 is 3.41. The van der Waals surface area contributed by atoms with Crippen molar-refractivity contribution in [2.24, 2.45) is 0 Å². The Morgan fingerprint density at radius 2 is 1.95 bits per heavy atom. The van der Waals surface area contributed by atoms with E-state index in [1.165, 1.54) is 0 Å². The molecule has 0 unspecified atom stereocenters. The van der Waals surface area contributed by atoms with Crippen LogP contribution in [0.2, 0.25) is 0 Å². The SMILES string of the molecule is CCOc1ccc(C(=O)Nc2ccc(Br)cc2C)cc1OC. The first-order valence-electron chi connectivity index (χ1n) is 6.93. The van der Waals surface area contributed by atoms with E-state index in [1.807, 2.05) is 32.0 Å². The number of amides is 1. The lowest BCUT2D eigenvalue weighted by Gasteiger charge is -2.12.